The molecule has 0 unspecified atom stereocenters. The van der Waals surface area contributed by atoms with Gasteiger partial charge in [-0.15, -0.1) is 11.3 Å². The van der Waals surface area contributed by atoms with Crippen molar-refractivity contribution in [2.24, 2.45) is 0 Å². The number of benzene rings is 2. The van der Waals surface area contributed by atoms with Crippen LogP contribution in [0.2, 0.25) is 0 Å². The molecule has 0 aliphatic carbocycles. The Hall–Kier alpha value is -4.31. The van der Waals surface area contributed by atoms with Crippen molar-refractivity contribution in [2.75, 3.05) is 18.5 Å². The summed E-state index contributed by atoms with van der Waals surface area (Å²) in [5.41, 5.74) is 1.49. The van der Waals surface area contributed by atoms with Crippen molar-refractivity contribution >= 4 is 46.0 Å². The summed E-state index contributed by atoms with van der Waals surface area (Å²) in [4.78, 5) is 66.7. The lowest BCUT2D eigenvalue weighted by atomic mass is 10.0. The van der Waals surface area contributed by atoms with E-state index in [2.05, 4.69) is 5.32 Å². The van der Waals surface area contributed by atoms with Gasteiger partial charge in [-0.05, 0) is 44.0 Å². The van der Waals surface area contributed by atoms with Crippen molar-refractivity contribution in [2.45, 2.75) is 33.2 Å². The Balaban J connectivity index is 1.74. The van der Waals surface area contributed by atoms with Crippen molar-refractivity contribution in [1.82, 2.24) is 4.90 Å². The number of anilines is 1. The Labute approximate surface area is 223 Å². The van der Waals surface area contributed by atoms with Crippen molar-refractivity contribution in [3.63, 3.8) is 0 Å². The fourth-order valence-electron chi connectivity index (χ4n) is 4.27. The number of imide groups is 1. The minimum absolute atomic E-state index is 0.0223. The third-order valence-electron chi connectivity index (χ3n) is 6.04. The van der Waals surface area contributed by atoms with E-state index in [9.17, 15) is 24.0 Å². The lowest BCUT2D eigenvalue weighted by Gasteiger charge is -2.25. The molecular weight excluding hydrogens is 508 g/mol. The second-order valence-electron chi connectivity index (χ2n) is 8.42. The second kappa shape index (κ2) is 11.4. The summed E-state index contributed by atoms with van der Waals surface area (Å²) in [6.07, 6.45) is 0.0436. The van der Waals surface area contributed by atoms with Crippen molar-refractivity contribution in [1.29, 1.82) is 0 Å². The number of carbonyl (C=O) groups is 5. The molecule has 1 atom stereocenters. The number of rotatable bonds is 9. The highest BCUT2D eigenvalue weighted by molar-refractivity contribution is 7.18. The van der Waals surface area contributed by atoms with E-state index in [-0.39, 0.29) is 46.2 Å². The highest BCUT2D eigenvalue weighted by atomic mass is 32.1. The molecule has 10 heteroatoms. The van der Waals surface area contributed by atoms with Gasteiger partial charge in [-0.2, -0.15) is 0 Å². The van der Waals surface area contributed by atoms with Gasteiger partial charge in [0.2, 0.25) is 5.91 Å². The number of carbonyl (C=O) groups excluding carboxylic acids is 5. The van der Waals surface area contributed by atoms with Gasteiger partial charge < -0.3 is 14.8 Å². The minimum atomic E-state index is -1.23. The largest absolute Gasteiger partial charge is 0.462 e. The van der Waals surface area contributed by atoms with Gasteiger partial charge in [-0.25, -0.2) is 9.59 Å². The Morgan fingerprint density at radius 1 is 0.868 bits per heavy atom. The molecule has 0 fully saturated rings. The van der Waals surface area contributed by atoms with Crippen LogP contribution < -0.4 is 5.32 Å². The first-order chi connectivity index (χ1) is 18.3. The van der Waals surface area contributed by atoms with Crippen LogP contribution in [0, 0.1) is 6.92 Å². The fraction of sp³-hybridized carbons (Fsp3) is 0.250. The maximum atomic E-state index is 13.8. The Morgan fingerprint density at radius 2 is 1.42 bits per heavy atom. The topological polar surface area (TPSA) is 119 Å². The molecule has 0 saturated carbocycles. The molecule has 3 aromatic rings. The van der Waals surface area contributed by atoms with E-state index in [1.54, 1.807) is 69.3 Å². The zero-order chi connectivity index (χ0) is 27.4. The van der Waals surface area contributed by atoms with Crippen LogP contribution in [0.15, 0.2) is 54.6 Å². The molecule has 1 aliphatic heterocycles. The summed E-state index contributed by atoms with van der Waals surface area (Å²) in [6, 6.07) is 14.1. The van der Waals surface area contributed by atoms with Crippen LogP contribution in [-0.4, -0.2) is 53.8 Å². The monoisotopic (exact) mass is 534 g/mol. The second-order valence-corrected chi connectivity index (χ2v) is 9.44. The molecule has 4 rings (SSSR count). The molecule has 196 valence electrons. The van der Waals surface area contributed by atoms with Crippen molar-refractivity contribution in [3.05, 3.63) is 87.3 Å². The van der Waals surface area contributed by atoms with Crippen LogP contribution in [0.5, 0.6) is 0 Å². The maximum Gasteiger partial charge on any atom is 0.348 e. The highest BCUT2D eigenvalue weighted by Crippen LogP contribution is 2.35. The lowest BCUT2D eigenvalue weighted by molar-refractivity contribution is -0.119. The predicted molar refractivity (Wildman–Crippen MR) is 140 cm³/mol. The summed E-state index contributed by atoms with van der Waals surface area (Å²) < 4.78 is 10.3. The number of ether oxygens (including phenoxy) is 2. The van der Waals surface area contributed by atoms with Crippen LogP contribution in [0.3, 0.4) is 0 Å². The quantitative estimate of drug-likeness (QED) is 0.322. The Bertz CT molecular complexity index is 1380. The molecule has 0 radical (unpaired) electrons. The SMILES string of the molecule is CCOC(=O)c1sc(NC(=O)[C@H](Cc2ccccc2)N2C(=O)c3ccccc3C2=O)c(C(=O)OCC)c1C. The summed E-state index contributed by atoms with van der Waals surface area (Å²) in [5.74, 6) is -3.20. The number of fused-ring (bicyclic) bond motifs is 1. The number of thiophene rings is 1. The van der Waals surface area contributed by atoms with Gasteiger partial charge in [0.15, 0.2) is 0 Å². The van der Waals surface area contributed by atoms with E-state index in [4.69, 9.17) is 9.47 Å². The molecule has 2 aromatic carbocycles. The molecule has 1 aromatic heterocycles. The van der Waals surface area contributed by atoms with Crippen LogP contribution in [0.1, 0.15) is 65.7 Å². The zero-order valence-corrected chi connectivity index (χ0v) is 21.9. The first-order valence-corrected chi connectivity index (χ1v) is 12.9. The standard InChI is InChI=1S/C28H26N2O7S/c1-4-36-27(34)21-16(3)22(28(35)37-5-2)38-24(21)29-23(31)20(15-17-11-7-6-8-12-17)30-25(32)18-13-9-10-14-19(18)26(30)33/h6-14,20H,4-5,15H2,1-3H3,(H,29,31)/t20-/m0/s1. The van der Waals surface area contributed by atoms with Gasteiger partial charge in [-0.1, -0.05) is 42.5 Å². The van der Waals surface area contributed by atoms with Gasteiger partial charge in [0.1, 0.15) is 15.9 Å². The molecule has 0 saturated heterocycles. The number of nitrogens with one attached hydrogen (secondary N) is 1. The molecule has 0 spiro atoms. The summed E-state index contributed by atoms with van der Waals surface area (Å²) in [6.45, 7) is 5.08. The maximum absolute atomic E-state index is 13.8. The fourth-order valence-corrected chi connectivity index (χ4v) is 5.36. The molecule has 38 heavy (non-hydrogen) atoms. The molecule has 0 bridgehead atoms. The summed E-state index contributed by atoms with van der Waals surface area (Å²) in [5, 5.41) is 2.77. The van der Waals surface area contributed by atoms with Crippen LogP contribution >= 0.6 is 11.3 Å². The number of hydrogen-bond acceptors (Lipinski definition) is 8. The van der Waals surface area contributed by atoms with Gasteiger partial charge in [0.25, 0.3) is 11.8 Å². The van der Waals surface area contributed by atoms with Gasteiger partial charge in [-0.3, -0.25) is 19.3 Å². The highest BCUT2D eigenvalue weighted by Gasteiger charge is 2.43. The van der Waals surface area contributed by atoms with E-state index >= 15 is 0 Å². The predicted octanol–water partition coefficient (Wildman–Crippen LogP) is 4.26. The van der Waals surface area contributed by atoms with Gasteiger partial charge in [0.05, 0.1) is 29.9 Å². The van der Waals surface area contributed by atoms with E-state index in [1.807, 2.05) is 6.07 Å². The Kier molecular flexibility index (Phi) is 8.02. The van der Waals surface area contributed by atoms with E-state index in [0.29, 0.717) is 5.56 Å². The zero-order valence-electron chi connectivity index (χ0n) is 21.1. The third-order valence-corrected chi connectivity index (χ3v) is 7.22. The van der Waals surface area contributed by atoms with E-state index < -0.39 is 35.7 Å². The van der Waals surface area contributed by atoms with Crippen molar-refractivity contribution in [3.8, 4) is 0 Å². The number of nitrogens with zero attached hydrogens (tertiary/aromatic N) is 1. The minimum Gasteiger partial charge on any atom is -0.462 e. The first kappa shape index (κ1) is 26.7. The normalized spacial score (nSPS) is 13.2. The molecular formula is C28H26N2O7S. The molecule has 1 N–H and O–H groups in total. The van der Waals surface area contributed by atoms with Crippen LogP contribution in [0.25, 0.3) is 0 Å². The Morgan fingerprint density at radius 3 is 2.00 bits per heavy atom. The molecule has 1 aliphatic rings. The van der Waals surface area contributed by atoms with E-state index in [0.717, 1.165) is 21.8 Å². The van der Waals surface area contributed by atoms with Gasteiger partial charge >= 0.3 is 11.9 Å². The number of hydrogen-bond donors (Lipinski definition) is 1. The number of amides is 3. The molecule has 2 heterocycles. The van der Waals surface area contributed by atoms with Crippen LogP contribution in [0.4, 0.5) is 5.00 Å². The lowest BCUT2D eigenvalue weighted by Crippen LogP contribution is -2.48. The summed E-state index contributed by atoms with van der Waals surface area (Å²) >= 11 is 0.876. The van der Waals surface area contributed by atoms with E-state index in [1.165, 1.54) is 0 Å². The molecule has 9 nitrogen and oxygen atoms in total. The first-order valence-electron chi connectivity index (χ1n) is 12.1. The average Bonchev–Trinajstić information content (AvgIpc) is 3.36. The smallest absolute Gasteiger partial charge is 0.348 e. The molecule has 3 amide bonds. The summed E-state index contributed by atoms with van der Waals surface area (Å²) in [7, 11) is 0. The van der Waals surface area contributed by atoms with Crippen LogP contribution in [-0.2, 0) is 20.7 Å². The van der Waals surface area contributed by atoms with Gasteiger partial charge in [0, 0.05) is 6.42 Å². The van der Waals surface area contributed by atoms with Crippen molar-refractivity contribution < 1.29 is 33.4 Å². The third kappa shape index (κ3) is 5.08. The number of esters is 2. The average molecular weight is 535 g/mol.